The first kappa shape index (κ1) is 12.3. The van der Waals surface area contributed by atoms with Crippen LogP contribution in [0, 0.1) is 0 Å². The van der Waals surface area contributed by atoms with E-state index in [9.17, 15) is 4.79 Å². The molecule has 0 radical (unpaired) electrons. The topological polar surface area (TPSA) is 37.3 Å². The largest absolute Gasteiger partial charge is 0.392 e. The van der Waals surface area contributed by atoms with Gasteiger partial charge in [-0.25, -0.2) is 0 Å². The molecule has 0 aliphatic carbocycles. The molecule has 18 heavy (non-hydrogen) atoms. The van der Waals surface area contributed by atoms with Crippen molar-refractivity contribution in [3.05, 3.63) is 77.4 Å². The third-order valence-corrected chi connectivity index (χ3v) is 2.64. The number of benzene rings is 2. The van der Waals surface area contributed by atoms with Crippen molar-refractivity contribution in [1.82, 2.24) is 0 Å². The average Bonchev–Trinajstić information content (AvgIpc) is 2.45. The van der Waals surface area contributed by atoms with Crippen molar-refractivity contribution in [2.75, 3.05) is 6.61 Å². The van der Waals surface area contributed by atoms with Gasteiger partial charge in [-0.15, -0.1) is 0 Å². The molecule has 0 bridgehead atoms. The lowest BCUT2D eigenvalue weighted by Crippen LogP contribution is -2.03. The normalized spacial score (nSPS) is 10.7. The fourth-order valence-corrected chi connectivity index (χ4v) is 1.77. The lowest BCUT2D eigenvalue weighted by molar-refractivity contribution is 0.103. The standard InChI is InChI=1S/C16H14O2/c17-12-6-10-13-7-4-5-11-15(13)16(18)14-8-2-1-3-9-14/h1-11,17H,12H2. The van der Waals surface area contributed by atoms with Crippen LogP contribution in [-0.4, -0.2) is 17.5 Å². The number of ketones is 1. The molecule has 2 heteroatoms. The van der Waals surface area contributed by atoms with Gasteiger partial charge in [-0.05, 0) is 5.56 Å². The van der Waals surface area contributed by atoms with Crippen LogP contribution in [0.15, 0.2) is 60.7 Å². The van der Waals surface area contributed by atoms with Gasteiger partial charge in [-0.3, -0.25) is 4.79 Å². The summed E-state index contributed by atoms with van der Waals surface area (Å²) in [6.07, 6.45) is 3.38. The Morgan fingerprint density at radius 1 is 1.00 bits per heavy atom. The van der Waals surface area contributed by atoms with Crippen LogP contribution in [0.5, 0.6) is 0 Å². The van der Waals surface area contributed by atoms with Gasteiger partial charge < -0.3 is 5.11 Å². The summed E-state index contributed by atoms with van der Waals surface area (Å²) < 4.78 is 0. The highest BCUT2D eigenvalue weighted by Crippen LogP contribution is 2.15. The van der Waals surface area contributed by atoms with E-state index >= 15 is 0 Å². The van der Waals surface area contributed by atoms with E-state index in [0.29, 0.717) is 11.1 Å². The summed E-state index contributed by atoms with van der Waals surface area (Å²) in [5.74, 6) is -0.00575. The summed E-state index contributed by atoms with van der Waals surface area (Å²) in [5, 5.41) is 8.80. The zero-order valence-electron chi connectivity index (χ0n) is 9.91. The Kier molecular flexibility index (Phi) is 4.05. The summed E-state index contributed by atoms with van der Waals surface area (Å²) in [5.41, 5.74) is 2.14. The minimum Gasteiger partial charge on any atom is -0.392 e. The Balaban J connectivity index is 2.39. The van der Waals surface area contributed by atoms with Crippen molar-refractivity contribution in [3.8, 4) is 0 Å². The lowest BCUT2D eigenvalue weighted by atomic mass is 9.98. The maximum atomic E-state index is 12.3. The van der Waals surface area contributed by atoms with Crippen molar-refractivity contribution < 1.29 is 9.90 Å². The van der Waals surface area contributed by atoms with E-state index in [0.717, 1.165) is 5.56 Å². The van der Waals surface area contributed by atoms with Crippen molar-refractivity contribution >= 4 is 11.9 Å². The molecule has 0 aliphatic heterocycles. The fourth-order valence-electron chi connectivity index (χ4n) is 1.77. The zero-order valence-corrected chi connectivity index (χ0v) is 9.91. The van der Waals surface area contributed by atoms with Crippen molar-refractivity contribution in [1.29, 1.82) is 0 Å². The van der Waals surface area contributed by atoms with Crippen LogP contribution >= 0.6 is 0 Å². The van der Waals surface area contributed by atoms with Crippen LogP contribution in [-0.2, 0) is 0 Å². The molecule has 1 N–H and O–H groups in total. The van der Waals surface area contributed by atoms with Gasteiger partial charge in [0.15, 0.2) is 5.78 Å². The van der Waals surface area contributed by atoms with Gasteiger partial charge >= 0.3 is 0 Å². The molecular formula is C16H14O2. The summed E-state index contributed by atoms with van der Waals surface area (Å²) in [6, 6.07) is 16.6. The minimum absolute atomic E-state index is 0.00575. The van der Waals surface area contributed by atoms with Crippen LogP contribution in [0.4, 0.5) is 0 Å². The van der Waals surface area contributed by atoms with Crippen molar-refractivity contribution in [2.24, 2.45) is 0 Å². The molecule has 0 heterocycles. The van der Waals surface area contributed by atoms with E-state index < -0.39 is 0 Å². The third-order valence-electron chi connectivity index (χ3n) is 2.64. The number of aliphatic hydroxyl groups excluding tert-OH is 1. The van der Waals surface area contributed by atoms with Crippen molar-refractivity contribution in [2.45, 2.75) is 0 Å². The van der Waals surface area contributed by atoms with E-state index in [2.05, 4.69) is 0 Å². The maximum Gasteiger partial charge on any atom is 0.193 e. The molecule has 90 valence electrons. The van der Waals surface area contributed by atoms with Crippen LogP contribution in [0.2, 0.25) is 0 Å². The molecule has 0 fully saturated rings. The highest BCUT2D eigenvalue weighted by molar-refractivity contribution is 6.10. The van der Waals surface area contributed by atoms with Crippen LogP contribution in [0.1, 0.15) is 21.5 Å². The molecule has 0 saturated heterocycles. The molecule has 0 spiro atoms. The predicted molar refractivity (Wildman–Crippen MR) is 72.4 cm³/mol. The molecule has 2 aromatic rings. The van der Waals surface area contributed by atoms with Gasteiger partial charge in [0.05, 0.1) is 6.61 Å². The van der Waals surface area contributed by atoms with Crippen LogP contribution < -0.4 is 0 Å². The zero-order chi connectivity index (χ0) is 12.8. The third kappa shape index (κ3) is 2.73. The Morgan fingerprint density at radius 3 is 2.39 bits per heavy atom. The van der Waals surface area contributed by atoms with Gasteiger partial charge in [0.1, 0.15) is 0 Å². The molecule has 0 atom stereocenters. The highest BCUT2D eigenvalue weighted by Gasteiger charge is 2.10. The lowest BCUT2D eigenvalue weighted by Gasteiger charge is -2.05. The van der Waals surface area contributed by atoms with E-state index in [1.807, 2.05) is 36.4 Å². The van der Waals surface area contributed by atoms with E-state index in [1.165, 1.54) is 0 Å². The minimum atomic E-state index is -0.0339. The first-order valence-corrected chi connectivity index (χ1v) is 5.79. The van der Waals surface area contributed by atoms with Gasteiger partial charge in [-0.1, -0.05) is 66.7 Å². The van der Waals surface area contributed by atoms with Gasteiger partial charge in [0.25, 0.3) is 0 Å². The van der Waals surface area contributed by atoms with E-state index in [1.54, 1.807) is 30.4 Å². The molecular weight excluding hydrogens is 224 g/mol. The summed E-state index contributed by atoms with van der Waals surface area (Å²) in [7, 11) is 0. The number of rotatable bonds is 4. The number of carbonyl (C=O) groups excluding carboxylic acids is 1. The smallest absolute Gasteiger partial charge is 0.193 e. The first-order valence-electron chi connectivity index (χ1n) is 5.79. The number of hydrogen-bond acceptors (Lipinski definition) is 2. The first-order chi connectivity index (χ1) is 8.83. The summed E-state index contributed by atoms with van der Waals surface area (Å²) in [4.78, 5) is 12.3. The average molecular weight is 238 g/mol. The fraction of sp³-hybridized carbons (Fsp3) is 0.0625. The number of hydrogen-bond donors (Lipinski definition) is 1. The molecule has 0 amide bonds. The molecule has 2 nitrogen and oxygen atoms in total. The van der Waals surface area contributed by atoms with Gasteiger partial charge in [0.2, 0.25) is 0 Å². The second-order valence-electron chi connectivity index (χ2n) is 3.87. The molecule has 0 unspecified atom stereocenters. The van der Waals surface area contributed by atoms with Crippen molar-refractivity contribution in [3.63, 3.8) is 0 Å². The Labute approximate surface area is 106 Å². The second-order valence-corrected chi connectivity index (χ2v) is 3.87. The van der Waals surface area contributed by atoms with E-state index in [-0.39, 0.29) is 12.4 Å². The second kappa shape index (κ2) is 5.94. The predicted octanol–water partition coefficient (Wildman–Crippen LogP) is 2.92. The number of carbonyl (C=O) groups is 1. The molecule has 2 aromatic carbocycles. The monoisotopic (exact) mass is 238 g/mol. The number of aliphatic hydroxyl groups is 1. The molecule has 2 rings (SSSR count). The summed E-state index contributed by atoms with van der Waals surface area (Å²) in [6.45, 7) is -0.0339. The summed E-state index contributed by atoms with van der Waals surface area (Å²) >= 11 is 0. The molecule has 0 saturated carbocycles. The highest BCUT2D eigenvalue weighted by atomic mass is 16.2. The van der Waals surface area contributed by atoms with Crippen LogP contribution in [0.25, 0.3) is 6.08 Å². The Bertz CT molecular complexity index is 556. The van der Waals surface area contributed by atoms with Gasteiger partial charge in [0, 0.05) is 11.1 Å². The van der Waals surface area contributed by atoms with Gasteiger partial charge in [-0.2, -0.15) is 0 Å². The quantitative estimate of drug-likeness (QED) is 0.831. The van der Waals surface area contributed by atoms with E-state index in [4.69, 9.17) is 5.11 Å². The molecule has 0 aliphatic rings. The Morgan fingerprint density at radius 2 is 1.67 bits per heavy atom. The SMILES string of the molecule is O=C(c1ccccc1)c1ccccc1C=CCO. The maximum absolute atomic E-state index is 12.3. The van der Waals surface area contributed by atoms with Crippen LogP contribution in [0.3, 0.4) is 0 Å². The Hall–Kier alpha value is -2.19. The molecule has 0 aromatic heterocycles.